The van der Waals surface area contributed by atoms with Crippen LogP contribution >= 0.6 is 0 Å². The van der Waals surface area contributed by atoms with E-state index < -0.39 is 179 Å². The molecule has 31 heteroatoms. The molecular weight excluding hydrogens is 984 g/mol. The van der Waals surface area contributed by atoms with E-state index in [1.54, 1.807) is 0 Å². The van der Waals surface area contributed by atoms with Crippen molar-refractivity contribution in [2.75, 3.05) is 98.7 Å². The van der Waals surface area contributed by atoms with Crippen LogP contribution < -0.4 is 5.32 Å². The monoisotopic (exact) mass is 1050 g/mol. The van der Waals surface area contributed by atoms with Crippen LogP contribution in [-0.4, -0.2) is 280 Å². The minimum Gasteiger partial charge on any atom is -0.480 e. The molecule has 1 aliphatic heterocycles. The lowest BCUT2D eigenvalue weighted by Crippen LogP contribution is -2.49. The molecule has 0 aromatic heterocycles. The molecule has 1 saturated heterocycles. The largest absolute Gasteiger partial charge is 0.480 e. The molecule has 3 atom stereocenters. The highest BCUT2D eigenvalue weighted by molar-refractivity contribution is 5.85. The van der Waals surface area contributed by atoms with Crippen LogP contribution in [0.25, 0.3) is 0 Å². The zero-order chi connectivity index (χ0) is 55.5. The van der Waals surface area contributed by atoms with Crippen molar-refractivity contribution in [2.45, 2.75) is 82.3 Å². The fourth-order valence-electron chi connectivity index (χ4n) is 7.85. The van der Waals surface area contributed by atoms with Crippen molar-refractivity contribution < 1.29 is 113 Å². The van der Waals surface area contributed by atoms with Gasteiger partial charge < -0.3 is 70.9 Å². The first-order valence-corrected chi connectivity index (χ1v) is 22.7. The van der Waals surface area contributed by atoms with Crippen LogP contribution in [0.3, 0.4) is 0 Å². The number of nitrogens with zero attached hydrogens (tertiary/aromatic N) is 7. The second-order valence-corrected chi connectivity index (χ2v) is 16.7. The minimum atomic E-state index is -1.80. The molecule has 1 aliphatic rings. The maximum atomic E-state index is 14.0. The van der Waals surface area contributed by atoms with Crippen LogP contribution in [0.1, 0.15) is 64.2 Å². The SMILES string of the molecule is CNC(=O)CCC(=O)N1CCCN(C(=O)CCC(C(=O)O)N(CC(=O)O)CC(=O)O)CCN(C(=O)CCC(C(=O)O)N(CC(=O)O)CC(=O)O)CCCN(C(=O)CCC(C(=O)O)N(CC(=O)O)CC(=O)O)CC1. The third kappa shape index (κ3) is 24.9. The van der Waals surface area contributed by atoms with Crippen molar-refractivity contribution in [1.29, 1.82) is 0 Å². The molecule has 1 rings (SSSR count). The molecular formula is C42H64N8O23. The van der Waals surface area contributed by atoms with Crippen LogP contribution in [0.5, 0.6) is 0 Å². The summed E-state index contributed by atoms with van der Waals surface area (Å²) in [4.78, 5) is 180. The van der Waals surface area contributed by atoms with Crippen molar-refractivity contribution in [3.05, 3.63) is 0 Å². The van der Waals surface area contributed by atoms with E-state index in [1.807, 2.05) is 0 Å². The maximum absolute atomic E-state index is 14.0. The van der Waals surface area contributed by atoms with Gasteiger partial charge in [-0.25, -0.2) is 0 Å². The number of carboxylic acids is 9. The summed E-state index contributed by atoms with van der Waals surface area (Å²) >= 11 is 0. The average molecular weight is 1050 g/mol. The predicted octanol–water partition coefficient (Wildman–Crippen LogP) is -4.27. The molecule has 10 N–H and O–H groups in total. The van der Waals surface area contributed by atoms with Crippen molar-refractivity contribution >= 4 is 83.3 Å². The first-order chi connectivity index (χ1) is 34.2. The molecule has 0 aromatic carbocycles. The van der Waals surface area contributed by atoms with Gasteiger partial charge in [0.2, 0.25) is 29.5 Å². The Morgan fingerprint density at radius 1 is 0.356 bits per heavy atom. The van der Waals surface area contributed by atoms with E-state index in [1.165, 1.54) is 21.7 Å². The minimum absolute atomic E-state index is 0.0432. The van der Waals surface area contributed by atoms with Crippen molar-refractivity contribution in [2.24, 2.45) is 0 Å². The van der Waals surface area contributed by atoms with E-state index in [9.17, 15) is 113 Å². The molecule has 1 heterocycles. The summed E-state index contributed by atoms with van der Waals surface area (Å²) in [5.41, 5.74) is 0. The average Bonchev–Trinajstić information content (AvgIpc) is 3.26. The number of carbonyl (C=O) groups excluding carboxylic acids is 5. The topological polar surface area (TPSA) is 456 Å². The molecule has 0 aliphatic carbocycles. The molecule has 0 aromatic rings. The Bertz CT molecular complexity index is 1970. The zero-order valence-corrected chi connectivity index (χ0v) is 40.1. The van der Waals surface area contributed by atoms with E-state index in [2.05, 4.69) is 5.32 Å². The molecule has 0 radical (unpaired) electrons. The second-order valence-electron chi connectivity index (χ2n) is 16.7. The Hall–Kier alpha value is -7.54. The number of amides is 5. The number of hydrogen-bond donors (Lipinski definition) is 10. The summed E-state index contributed by atoms with van der Waals surface area (Å²) in [5.74, 6) is -17.7. The van der Waals surface area contributed by atoms with E-state index in [-0.39, 0.29) is 78.0 Å². The van der Waals surface area contributed by atoms with Gasteiger partial charge >= 0.3 is 53.7 Å². The fourth-order valence-corrected chi connectivity index (χ4v) is 7.85. The van der Waals surface area contributed by atoms with Gasteiger partial charge in [-0.05, 0) is 32.1 Å². The lowest BCUT2D eigenvalue weighted by Gasteiger charge is -2.33. The van der Waals surface area contributed by atoms with Gasteiger partial charge in [0.1, 0.15) is 18.1 Å². The number of hydrogen-bond acceptors (Lipinski definition) is 17. The summed E-state index contributed by atoms with van der Waals surface area (Å²) in [6, 6.07) is -5.34. The lowest BCUT2D eigenvalue weighted by atomic mass is 10.1. The van der Waals surface area contributed by atoms with Gasteiger partial charge in [-0.1, -0.05) is 0 Å². The van der Waals surface area contributed by atoms with Crippen molar-refractivity contribution in [3.8, 4) is 0 Å². The maximum Gasteiger partial charge on any atom is 0.320 e. The van der Waals surface area contributed by atoms with E-state index in [0.29, 0.717) is 14.7 Å². The summed E-state index contributed by atoms with van der Waals surface area (Å²) in [5, 5.41) is 88.1. The molecule has 5 amide bonds. The number of rotatable bonds is 30. The molecule has 3 unspecified atom stereocenters. The lowest BCUT2D eigenvalue weighted by molar-refractivity contribution is -0.152. The molecule has 0 spiro atoms. The Kier molecular flexibility index (Phi) is 28.2. The third-order valence-electron chi connectivity index (χ3n) is 11.3. The van der Waals surface area contributed by atoms with Gasteiger partial charge in [-0.3, -0.25) is 81.8 Å². The van der Waals surface area contributed by atoms with E-state index in [4.69, 9.17) is 0 Å². The number of carboxylic acid groups (broad SMARTS) is 9. The summed E-state index contributed by atoms with van der Waals surface area (Å²) in [6.45, 7) is -8.16. The van der Waals surface area contributed by atoms with Crippen molar-refractivity contribution in [3.63, 3.8) is 0 Å². The fraction of sp³-hybridized carbons (Fsp3) is 0.667. The normalized spacial score (nSPS) is 15.1. The Morgan fingerprint density at radius 2 is 0.575 bits per heavy atom. The quantitative estimate of drug-likeness (QED) is 0.0326. The van der Waals surface area contributed by atoms with Crippen LogP contribution in [0.4, 0.5) is 0 Å². The third-order valence-corrected chi connectivity index (χ3v) is 11.3. The molecule has 0 bridgehead atoms. The standard InChI is InChI=1S/C42H64N8O23/c1-43-29(51)7-11-33(55)47-15-3-14-45(31(53)9-5-27(41(70)71)49(22-36(60)61)23-37(62)63)17-16-44(30(52)8-4-26(40(68)69)48(20-34(56)57)21-35(58)59)12-2-13-46(18-19-47)32(54)10-6-28(42(72)73)50(24-38(64)65)25-39(66)67/h26-28H,2-25H2,1H3,(H,43,51)(H,56,57)(H,58,59)(H,60,61)(H,62,63)(H,64,65)(H,66,67)(H,68,69)(H,70,71)(H,72,73). The predicted molar refractivity (Wildman–Crippen MR) is 241 cm³/mol. The van der Waals surface area contributed by atoms with Crippen LogP contribution in [0.15, 0.2) is 0 Å². The Morgan fingerprint density at radius 3 is 0.767 bits per heavy atom. The number of carbonyl (C=O) groups is 14. The zero-order valence-electron chi connectivity index (χ0n) is 40.1. The molecule has 0 saturated carbocycles. The van der Waals surface area contributed by atoms with Gasteiger partial charge in [-0.2, -0.15) is 0 Å². The summed E-state index contributed by atoms with van der Waals surface area (Å²) < 4.78 is 0. The van der Waals surface area contributed by atoms with Gasteiger partial charge in [-0.15, -0.1) is 0 Å². The highest BCUT2D eigenvalue weighted by Gasteiger charge is 2.34. The number of nitrogens with one attached hydrogen (secondary N) is 1. The summed E-state index contributed by atoms with van der Waals surface area (Å²) in [6.07, 6.45) is -4.35. The van der Waals surface area contributed by atoms with Crippen molar-refractivity contribution in [1.82, 2.24) is 39.6 Å². The highest BCUT2D eigenvalue weighted by Crippen LogP contribution is 2.16. The van der Waals surface area contributed by atoms with E-state index in [0.717, 1.165) is 4.90 Å². The smallest absolute Gasteiger partial charge is 0.320 e. The van der Waals surface area contributed by atoms with Gasteiger partial charge in [0.25, 0.3) is 0 Å². The van der Waals surface area contributed by atoms with E-state index >= 15 is 0 Å². The first kappa shape index (κ1) is 63.5. The molecule has 73 heavy (non-hydrogen) atoms. The van der Waals surface area contributed by atoms with Gasteiger partial charge in [0, 0.05) is 91.5 Å². The molecule has 410 valence electrons. The molecule has 31 nitrogen and oxygen atoms in total. The van der Waals surface area contributed by atoms with Crippen LogP contribution in [-0.2, 0) is 67.1 Å². The first-order valence-electron chi connectivity index (χ1n) is 22.7. The Labute approximate surface area is 416 Å². The van der Waals surface area contributed by atoms with Crippen LogP contribution in [0, 0.1) is 0 Å². The van der Waals surface area contributed by atoms with Crippen LogP contribution in [0.2, 0.25) is 0 Å². The second kappa shape index (κ2) is 32.4. The highest BCUT2D eigenvalue weighted by atomic mass is 16.4. The molecule has 1 fully saturated rings. The summed E-state index contributed by atoms with van der Waals surface area (Å²) in [7, 11) is 1.34. The Balaban J connectivity index is 3.76. The van der Waals surface area contributed by atoms with Gasteiger partial charge in [0.05, 0.1) is 39.3 Å². The van der Waals surface area contributed by atoms with Gasteiger partial charge in [0.15, 0.2) is 0 Å². The number of aliphatic carboxylic acids is 9.